The normalized spacial score (nSPS) is 9.84. The summed E-state index contributed by atoms with van der Waals surface area (Å²) >= 11 is 0. The van der Waals surface area contributed by atoms with Crippen LogP contribution in [0.1, 0.15) is 25.0 Å². The van der Waals surface area contributed by atoms with Crippen LogP contribution in [0.25, 0.3) is 0 Å². The van der Waals surface area contributed by atoms with Crippen LogP contribution in [-0.2, 0) is 16.0 Å². The lowest BCUT2D eigenvalue weighted by Gasteiger charge is -2.13. The number of hydrogen-bond donors (Lipinski definition) is 2. The summed E-state index contributed by atoms with van der Waals surface area (Å²) in [5, 5.41) is 5.21. The molecule has 19 heavy (non-hydrogen) atoms. The molecule has 1 aromatic rings. The molecule has 104 valence electrons. The molecule has 0 saturated heterocycles. The summed E-state index contributed by atoms with van der Waals surface area (Å²) in [5.74, 6) is -0.267. The van der Waals surface area contributed by atoms with Crippen LogP contribution in [0, 0.1) is 6.92 Å². The van der Waals surface area contributed by atoms with Crippen LogP contribution in [0.2, 0.25) is 0 Å². The van der Waals surface area contributed by atoms with Crippen LogP contribution in [-0.4, -0.2) is 25.2 Å². The summed E-state index contributed by atoms with van der Waals surface area (Å²) in [6.45, 7) is 5.86. The van der Waals surface area contributed by atoms with E-state index in [9.17, 15) is 9.59 Å². The van der Waals surface area contributed by atoms with E-state index in [1.54, 1.807) is 6.92 Å². The van der Waals surface area contributed by atoms with E-state index < -0.39 is 6.09 Å². The van der Waals surface area contributed by atoms with Crippen molar-refractivity contribution in [3.05, 3.63) is 29.3 Å². The number of amides is 2. The van der Waals surface area contributed by atoms with Crippen molar-refractivity contribution in [2.75, 3.05) is 18.5 Å². The monoisotopic (exact) mass is 264 g/mol. The Kier molecular flexibility index (Phi) is 5.85. The predicted molar refractivity (Wildman–Crippen MR) is 74.2 cm³/mol. The van der Waals surface area contributed by atoms with Crippen molar-refractivity contribution in [3.63, 3.8) is 0 Å². The standard InChI is InChI=1S/C14H20N2O3/c1-4-11-8-6-7-10(3)13(11)16-12(17)9-15-14(18)19-5-2/h6-8H,4-5,9H2,1-3H3,(H,15,18)(H,16,17). The highest BCUT2D eigenvalue weighted by Crippen LogP contribution is 2.20. The first-order valence-corrected chi connectivity index (χ1v) is 6.37. The minimum atomic E-state index is -0.585. The van der Waals surface area contributed by atoms with Gasteiger partial charge >= 0.3 is 6.09 Å². The zero-order chi connectivity index (χ0) is 14.3. The number of carbonyl (C=O) groups is 2. The van der Waals surface area contributed by atoms with E-state index in [1.807, 2.05) is 32.0 Å². The molecular formula is C14H20N2O3. The summed E-state index contributed by atoms with van der Waals surface area (Å²) < 4.78 is 4.68. The maximum Gasteiger partial charge on any atom is 0.407 e. The van der Waals surface area contributed by atoms with Gasteiger partial charge in [0.1, 0.15) is 6.54 Å². The fourth-order valence-corrected chi connectivity index (χ4v) is 1.72. The highest BCUT2D eigenvalue weighted by atomic mass is 16.5. The first kappa shape index (κ1) is 15.0. The van der Waals surface area contributed by atoms with Gasteiger partial charge in [-0.15, -0.1) is 0 Å². The molecule has 0 unspecified atom stereocenters. The Bertz CT molecular complexity index is 458. The van der Waals surface area contributed by atoms with Crippen LogP contribution < -0.4 is 10.6 Å². The van der Waals surface area contributed by atoms with Crippen LogP contribution in [0.4, 0.5) is 10.5 Å². The maximum atomic E-state index is 11.8. The van der Waals surface area contributed by atoms with E-state index >= 15 is 0 Å². The van der Waals surface area contributed by atoms with E-state index in [0.717, 1.165) is 23.2 Å². The highest BCUT2D eigenvalue weighted by Gasteiger charge is 2.09. The molecule has 5 heteroatoms. The summed E-state index contributed by atoms with van der Waals surface area (Å²) in [6, 6.07) is 5.87. The van der Waals surface area contributed by atoms with Crippen molar-refractivity contribution < 1.29 is 14.3 Å². The van der Waals surface area contributed by atoms with Crippen LogP contribution in [0.3, 0.4) is 0 Å². The molecule has 1 rings (SSSR count). The topological polar surface area (TPSA) is 67.4 Å². The Hall–Kier alpha value is -2.04. The average molecular weight is 264 g/mol. The number of benzene rings is 1. The molecule has 0 aliphatic carbocycles. The molecule has 0 spiro atoms. The van der Waals surface area contributed by atoms with Crippen molar-refractivity contribution in [1.29, 1.82) is 0 Å². The molecule has 0 radical (unpaired) electrons. The van der Waals surface area contributed by atoms with Gasteiger partial charge in [0.25, 0.3) is 0 Å². The molecule has 0 heterocycles. The second kappa shape index (κ2) is 7.41. The third-order valence-corrected chi connectivity index (χ3v) is 2.67. The Morgan fingerprint density at radius 1 is 1.26 bits per heavy atom. The number of hydrogen-bond acceptors (Lipinski definition) is 3. The number of alkyl carbamates (subject to hydrolysis) is 1. The van der Waals surface area contributed by atoms with Gasteiger partial charge in [-0.1, -0.05) is 25.1 Å². The van der Waals surface area contributed by atoms with E-state index in [2.05, 4.69) is 15.4 Å². The van der Waals surface area contributed by atoms with Gasteiger partial charge in [0.15, 0.2) is 0 Å². The third-order valence-electron chi connectivity index (χ3n) is 2.67. The fraction of sp³-hybridized carbons (Fsp3) is 0.429. The quantitative estimate of drug-likeness (QED) is 0.857. The molecule has 0 aliphatic heterocycles. The summed E-state index contributed by atoms with van der Waals surface area (Å²) in [5.41, 5.74) is 2.90. The van der Waals surface area contributed by atoms with Gasteiger partial charge in [-0.05, 0) is 31.4 Å². The summed E-state index contributed by atoms with van der Waals surface area (Å²) in [6.07, 6.45) is 0.251. The summed E-state index contributed by atoms with van der Waals surface area (Å²) in [4.78, 5) is 22.8. The molecule has 1 aromatic carbocycles. The zero-order valence-electron chi connectivity index (χ0n) is 11.6. The summed E-state index contributed by atoms with van der Waals surface area (Å²) in [7, 11) is 0. The smallest absolute Gasteiger partial charge is 0.407 e. The molecular weight excluding hydrogens is 244 g/mol. The number of aryl methyl sites for hydroxylation is 2. The number of nitrogens with one attached hydrogen (secondary N) is 2. The molecule has 0 bridgehead atoms. The molecule has 0 fully saturated rings. The van der Waals surface area contributed by atoms with Gasteiger partial charge in [-0.2, -0.15) is 0 Å². The highest BCUT2D eigenvalue weighted by molar-refractivity contribution is 5.95. The molecule has 0 atom stereocenters. The van der Waals surface area contributed by atoms with E-state index in [-0.39, 0.29) is 19.1 Å². The minimum absolute atomic E-state index is 0.101. The Morgan fingerprint density at radius 2 is 2.00 bits per heavy atom. The van der Waals surface area contributed by atoms with E-state index in [1.165, 1.54) is 0 Å². The third kappa shape index (κ3) is 4.62. The molecule has 2 N–H and O–H groups in total. The number of anilines is 1. The van der Waals surface area contributed by atoms with Crippen molar-refractivity contribution in [3.8, 4) is 0 Å². The fourth-order valence-electron chi connectivity index (χ4n) is 1.72. The Labute approximate surface area is 113 Å². The lowest BCUT2D eigenvalue weighted by molar-refractivity contribution is -0.115. The first-order valence-electron chi connectivity index (χ1n) is 6.37. The molecule has 0 aliphatic rings. The van der Waals surface area contributed by atoms with Gasteiger partial charge in [0.2, 0.25) is 5.91 Å². The SMILES string of the molecule is CCOC(=O)NCC(=O)Nc1c(C)cccc1CC. The van der Waals surface area contributed by atoms with E-state index in [4.69, 9.17) is 0 Å². The average Bonchev–Trinajstić information content (AvgIpc) is 2.39. The van der Waals surface area contributed by atoms with E-state index in [0.29, 0.717) is 0 Å². The second-order valence-corrected chi connectivity index (χ2v) is 4.08. The minimum Gasteiger partial charge on any atom is -0.450 e. The van der Waals surface area contributed by atoms with Crippen LogP contribution in [0.5, 0.6) is 0 Å². The largest absolute Gasteiger partial charge is 0.450 e. The van der Waals surface area contributed by atoms with Gasteiger partial charge < -0.3 is 15.4 Å². The lowest BCUT2D eigenvalue weighted by atomic mass is 10.1. The Balaban J connectivity index is 2.60. The van der Waals surface area contributed by atoms with Gasteiger partial charge in [-0.25, -0.2) is 4.79 Å². The Morgan fingerprint density at radius 3 is 2.63 bits per heavy atom. The van der Waals surface area contributed by atoms with Gasteiger partial charge in [0.05, 0.1) is 6.61 Å². The molecule has 0 aromatic heterocycles. The van der Waals surface area contributed by atoms with Crippen molar-refractivity contribution in [1.82, 2.24) is 5.32 Å². The first-order chi connectivity index (χ1) is 9.08. The predicted octanol–water partition coefficient (Wildman–Crippen LogP) is 2.24. The van der Waals surface area contributed by atoms with Crippen molar-refractivity contribution in [2.24, 2.45) is 0 Å². The number of para-hydroxylation sites is 1. The number of carbonyl (C=O) groups excluding carboxylic acids is 2. The number of ether oxygens (including phenoxy) is 1. The van der Waals surface area contributed by atoms with Gasteiger partial charge in [0, 0.05) is 5.69 Å². The van der Waals surface area contributed by atoms with Gasteiger partial charge in [-0.3, -0.25) is 4.79 Å². The van der Waals surface area contributed by atoms with Crippen LogP contribution in [0.15, 0.2) is 18.2 Å². The molecule has 5 nitrogen and oxygen atoms in total. The van der Waals surface area contributed by atoms with Crippen LogP contribution >= 0.6 is 0 Å². The maximum absolute atomic E-state index is 11.8. The number of rotatable bonds is 5. The van der Waals surface area contributed by atoms with Crippen molar-refractivity contribution in [2.45, 2.75) is 27.2 Å². The molecule has 2 amide bonds. The second-order valence-electron chi connectivity index (χ2n) is 4.08. The lowest BCUT2D eigenvalue weighted by Crippen LogP contribution is -2.33. The van der Waals surface area contributed by atoms with Crippen molar-refractivity contribution >= 4 is 17.7 Å². The zero-order valence-corrected chi connectivity index (χ0v) is 11.6. The molecule has 0 saturated carbocycles.